The van der Waals surface area contributed by atoms with Crippen LogP contribution in [0.1, 0.15) is 43.2 Å². The normalized spacial score (nSPS) is 29.7. The predicted octanol–water partition coefficient (Wildman–Crippen LogP) is 2.16. The molecule has 0 aliphatic carbocycles. The van der Waals surface area contributed by atoms with E-state index in [2.05, 4.69) is 0 Å². The second-order valence-corrected chi connectivity index (χ2v) is 6.23. The molecule has 0 spiro atoms. The van der Waals surface area contributed by atoms with E-state index >= 15 is 0 Å². The van der Waals surface area contributed by atoms with Crippen LogP contribution in [0, 0.1) is 5.82 Å². The minimum Gasteiger partial charge on any atom is -0.450 e. The summed E-state index contributed by atoms with van der Waals surface area (Å²) < 4.78 is 18.9. The molecule has 0 radical (unpaired) electrons. The van der Waals surface area contributed by atoms with Gasteiger partial charge in [0.25, 0.3) is 0 Å². The molecule has 4 unspecified atom stereocenters. The Hall–Kier alpha value is -1.66. The number of nitrogens with zero attached hydrogens (tertiary/aromatic N) is 1. The summed E-state index contributed by atoms with van der Waals surface area (Å²) in [7, 11) is 0. The lowest BCUT2D eigenvalue weighted by atomic mass is 9.80. The number of benzene rings is 1. The van der Waals surface area contributed by atoms with Crippen molar-refractivity contribution in [1.29, 1.82) is 0 Å². The molecule has 1 aromatic carbocycles. The molecule has 3 rings (SSSR count). The molecule has 2 saturated heterocycles. The molecule has 23 heavy (non-hydrogen) atoms. The lowest BCUT2D eigenvalue weighted by molar-refractivity contribution is 0.00922. The molecule has 2 N–H and O–H groups in total. The Balaban J connectivity index is 1.98. The van der Waals surface area contributed by atoms with Crippen LogP contribution < -0.4 is 0 Å². The van der Waals surface area contributed by atoms with Crippen LogP contribution in [-0.4, -0.2) is 46.0 Å². The third-order valence-corrected chi connectivity index (χ3v) is 5.00. The van der Waals surface area contributed by atoms with Crippen LogP contribution in [0.4, 0.5) is 9.18 Å². The molecule has 5 nitrogen and oxygen atoms in total. The van der Waals surface area contributed by atoms with Crippen molar-refractivity contribution in [3.8, 4) is 0 Å². The van der Waals surface area contributed by atoms with E-state index in [1.165, 1.54) is 18.2 Å². The zero-order chi connectivity index (χ0) is 16.6. The van der Waals surface area contributed by atoms with Crippen LogP contribution in [0.15, 0.2) is 18.2 Å². The van der Waals surface area contributed by atoms with Gasteiger partial charge >= 0.3 is 6.09 Å². The molecule has 126 valence electrons. The summed E-state index contributed by atoms with van der Waals surface area (Å²) in [5.41, 5.74) is 1.17. The zero-order valence-corrected chi connectivity index (χ0v) is 13.1. The van der Waals surface area contributed by atoms with Crippen molar-refractivity contribution in [2.75, 3.05) is 6.61 Å². The van der Waals surface area contributed by atoms with E-state index in [1.54, 1.807) is 11.8 Å². The Labute approximate surface area is 134 Å². The van der Waals surface area contributed by atoms with Crippen molar-refractivity contribution in [1.82, 2.24) is 4.90 Å². The molecular weight excluding hydrogens is 301 g/mol. The number of rotatable bonds is 3. The zero-order valence-electron chi connectivity index (χ0n) is 13.1. The molecule has 4 atom stereocenters. The Morgan fingerprint density at radius 3 is 2.91 bits per heavy atom. The van der Waals surface area contributed by atoms with Gasteiger partial charge in [-0.2, -0.15) is 0 Å². The van der Waals surface area contributed by atoms with Crippen molar-refractivity contribution in [2.24, 2.45) is 0 Å². The van der Waals surface area contributed by atoms with Crippen LogP contribution in [0.5, 0.6) is 0 Å². The van der Waals surface area contributed by atoms with Crippen LogP contribution in [0.2, 0.25) is 0 Å². The molecule has 2 aliphatic rings. The topological polar surface area (TPSA) is 70.0 Å². The van der Waals surface area contributed by atoms with Gasteiger partial charge in [-0.05, 0) is 49.4 Å². The first-order valence-corrected chi connectivity index (χ1v) is 8.09. The first-order chi connectivity index (χ1) is 11.1. The fraction of sp³-hybridized carbons (Fsp3) is 0.588. The highest BCUT2D eigenvalue weighted by Gasteiger charge is 2.50. The van der Waals surface area contributed by atoms with Gasteiger partial charge < -0.3 is 19.8 Å². The minimum absolute atomic E-state index is 0.0311. The highest BCUT2D eigenvalue weighted by Crippen LogP contribution is 2.45. The summed E-state index contributed by atoms with van der Waals surface area (Å²) in [5, 5.41) is 20.1. The molecule has 0 aromatic heterocycles. The van der Waals surface area contributed by atoms with Gasteiger partial charge in [0.2, 0.25) is 0 Å². The summed E-state index contributed by atoms with van der Waals surface area (Å²) in [6.07, 6.45) is 0.957. The van der Waals surface area contributed by atoms with E-state index in [0.717, 1.165) is 12.8 Å². The van der Waals surface area contributed by atoms with Crippen molar-refractivity contribution in [2.45, 2.75) is 56.9 Å². The second kappa shape index (κ2) is 6.45. The number of amides is 1. The summed E-state index contributed by atoms with van der Waals surface area (Å²) >= 11 is 0. The molecule has 1 aromatic rings. The van der Waals surface area contributed by atoms with Gasteiger partial charge in [-0.15, -0.1) is 0 Å². The van der Waals surface area contributed by atoms with Gasteiger partial charge in [-0.3, -0.25) is 0 Å². The van der Waals surface area contributed by atoms with Crippen LogP contribution in [-0.2, 0) is 11.3 Å². The second-order valence-electron chi connectivity index (χ2n) is 6.23. The fourth-order valence-electron chi connectivity index (χ4n) is 4.09. The number of aliphatic hydroxyl groups excluding tert-OH is 2. The number of carbonyl (C=O) groups is 1. The van der Waals surface area contributed by atoms with E-state index in [-0.39, 0.29) is 24.8 Å². The lowest BCUT2D eigenvalue weighted by Gasteiger charge is -2.42. The minimum atomic E-state index is -0.662. The Kier molecular flexibility index (Phi) is 4.55. The monoisotopic (exact) mass is 323 g/mol. The first kappa shape index (κ1) is 16.2. The Bertz CT molecular complexity index is 594. The Morgan fingerprint density at radius 2 is 2.22 bits per heavy atom. The smallest absolute Gasteiger partial charge is 0.410 e. The highest BCUT2D eigenvalue weighted by molar-refractivity contribution is 5.69. The SMILES string of the molecule is CCOC(=O)N1C2CCC1C(c1cc(F)ccc1CO)C(O)C2. The maximum absolute atomic E-state index is 13.7. The number of halogens is 1. The third-order valence-electron chi connectivity index (χ3n) is 5.00. The average Bonchev–Trinajstić information content (AvgIpc) is 2.83. The van der Waals surface area contributed by atoms with Crippen LogP contribution in [0.3, 0.4) is 0 Å². The van der Waals surface area contributed by atoms with Gasteiger partial charge in [-0.25, -0.2) is 9.18 Å². The largest absolute Gasteiger partial charge is 0.450 e. The molecule has 0 saturated carbocycles. The summed E-state index contributed by atoms with van der Waals surface area (Å²) in [5.74, 6) is -0.816. The number of hydrogen-bond donors (Lipinski definition) is 2. The lowest BCUT2D eigenvalue weighted by Crippen LogP contribution is -2.52. The molecule has 2 heterocycles. The van der Waals surface area contributed by atoms with E-state index in [1.807, 2.05) is 0 Å². The third kappa shape index (κ3) is 2.81. The number of carbonyl (C=O) groups excluding carboxylic acids is 1. The molecule has 1 amide bonds. The van der Waals surface area contributed by atoms with E-state index < -0.39 is 17.8 Å². The van der Waals surface area contributed by atoms with Gasteiger partial charge in [0, 0.05) is 18.0 Å². The predicted molar refractivity (Wildman–Crippen MR) is 81.4 cm³/mol. The number of hydrogen-bond acceptors (Lipinski definition) is 4. The van der Waals surface area contributed by atoms with Gasteiger partial charge in [0.1, 0.15) is 5.82 Å². The summed E-state index contributed by atoms with van der Waals surface area (Å²) in [4.78, 5) is 14.0. The number of ether oxygens (including phenoxy) is 1. The van der Waals surface area contributed by atoms with Crippen LogP contribution in [0.25, 0.3) is 0 Å². The maximum Gasteiger partial charge on any atom is 0.410 e. The average molecular weight is 323 g/mol. The van der Waals surface area contributed by atoms with Gasteiger partial charge in [0.15, 0.2) is 0 Å². The highest BCUT2D eigenvalue weighted by atomic mass is 19.1. The maximum atomic E-state index is 13.7. The Morgan fingerprint density at radius 1 is 1.43 bits per heavy atom. The van der Waals surface area contributed by atoms with Crippen molar-refractivity contribution in [3.63, 3.8) is 0 Å². The number of fused-ring (bicyclic) bond motifs is 2. The number of aliphatic hydroxyl groups is 2. The standard InChI is InChI=1S/C17H22FNO4/c1-2-23-17(22)19-12-5-6-14(19)16(15(21)8-12)13-7-11(18)4-3-10(13)9-20/h3-4,7,12,14-16,20-21H,2,5-6,8-9H2,1H3. The molecule has 2 fully saturated rings. The van der Waals surface area contributed by atoms with Gasteiger partial charge in [0.05, 0.1) is 19.3 Å². The molecule has 6 heteroatoms. The first-order valence-electron chi connectivity index (χ1n) is 8.09. The summed E-state index contributed by atoms with van der Waals surface area (Å²) in [6.45, 7) is 1.82. The molecule has 2 aliphatic heterocycles. The van der Waals surface area contributed by atoms with E-state index in [0.29, 0.717) is 24.2 Å². The van der Waals surface area contributed by atoms with Crippen LogP contribution >= 0.6 is 0 Å². The molecular formula is C17H22FNO4. The molecule has 2 bridgehead atoms. The number of piperidine rings is 1. The van der Waals surface area contributed by atoms with Crippen molar-refractivity contribution < 1.29 is 24.1 Å². The van der Waals surface area contributed by atoms with E-state index in [4.69, 9.17) is 4.74 Å². The van der Waals surface area contributed by atoms with Gasteiger partial charge in [-0.1, -0.05) is 6.07 Å². The summed E-state index contributed by atoms with van der Waals surface area (Å²) in [6, 6.07) is 3.94. The van der Waals surface area contributed by atoms with Crippen molar-refractivity contribution >= 4 is 6.09 Å². The van der Waals surface area contributed by atoms with E-state index in [9.17, 15) is 19.4 Å². The quantitative estimate of drug-likeness (QED) is 0.894. The van der Waals surface area contributed by atoms with Crippen molar-refractivity contribution in [3.05, 3.63) is 35.1 Å². The fourth-order valence-corrected chi connectivity index (χ4v) is 4.09.